The van der Waals surface area contributed by atoms with Crippen LogP contribution in [0, 0.1) is 5.41 Å². The average Bonchev–Trinajstić information content (AvgIpc) is 2.28. The van der Waals surface area contributed by atoms with Crippen molar-refractivity contribution in [2.45, 2.75) is 51.6 Å². The van der Waals surface area contributed by atoms with E-state index < -0.39 is 0 Å². The molecule has 0 heterocycles. The van der Waals surface area contributed by atoms with Crippen molar-refractivity contribution in [1.29, 1.82) is 0 Å². The van der Waals surface area contributed by atoms with Crippen LogP contribution in [0.1, 0.15) is 39.5 Å². The van der Waals surface area contributed by atoms with Gasteiger partial charge in [-0.3, -0.25) is 0 Å². The van der Waals surface area contributed by atoms with Gasteiger partial charge in [0.15, 0.2) is 0 Å². The van der Waals surface area contributed by atoms with Crippen molar-refractivity contribution in [2.24, 2.45) is 5.41 Å². The Kier molecular flexibility index (Phi) is 5.90. The van der Waals surface area contributed by atoms with Gasteiger partial charge in [0.25, 0.3) is 0 Å². The first-order valence-electron chi connectivity index (χ1n) is 6.86. The van der Waals surface area contributed by atoms with Crippen LogP contribution in [-0.4, -0.2) is 51.3 Å². The number of nitrogens with one attached hydrogen (secondary N) is 1. The van der Waals surface area contributed by atoms with E-state index in [-0.39, 0.29) is 0 Å². The quantitative estimate of drug-likeness (QED) is 0.722. The molecule has 0 bridgehead atoms. The standard InChI is InChI=1S/C14H30N2O/c1-14(2)8-7-12(15-3)13(11-14)16(4)9-6-10-17-5/h12-13,15H,6-11H2,1-5H3. The van der Waals surface area contributed by atoms with Crippen molar-refractivity contribution in [3.8, 4) is 0 Å². The molecule has 1 N–H and O–H groups in total. The fourth-order valence-corrected chi connectivity index (χ4v) is 2.97. The van der Waals surface area contributed by atoms with E-state index in [2.05, 4.69) is 38.2 Å². The van der Waals surface area contributed by atoms with E-state index in [1.54, 1.807) is 7.11 Å². The van der Waals surface area contributed by atoms with Gasteiger partial charge in [0.05, 0.1) is 0 Å². The van der Waals surface area contributed by atoms with Crippen molar-refractivity contribution in [3.63, 3.8) is 0 Å². The Morgan fingerprint density at radius 1 is 1.41 bits per heavy atom. The SMILES string of the molecule is CNC1CCC(C)(C)CC1N(C)CCCOC. The van der Waals surface area contributed by atoms with Crippen LogP contribution >= 0.6 is 0 Å². The van der Waals surface area contributed by atoms with Crippen molar-refractivity contribution in [2.75, 3.05) is 34.4 Å². The zero-order valence-corrected chi connectivity index (χ0v) is 12.3. The van der Waals surface area contributed by atoms with Crippen LogP contribution in [0.4, 0.5) is 0 Å². The largest absolute Gasteiger partial charge is 0.385 e. The van der Waals surface area contributed by atoms with E-state index >= 15 is 0 Å². The molecule has 0 aromatic heterocycles. The summed E-state index contributed by atoms with van der Waals surface area (Å²) in [6.07, 6.45) is 5.05. The Bertz CT molecular complexity index is 218. The Labute approximate surface area is 107 Å². The minimum atomic E-state index is 0.494. The molecule has 1 saturated carbocycles. The third-order valence-electron chi connectivity index (χ3n) is 4.15. The number of ether oxygens (including phenoxy) is 1. The molecule has 2 atom stereocenters. The van der Waals surface area contributed by atoms with E-state index in [1.807, 2.05) is 0 Å². The van der Waals surface area contributed by atoms with Gasteiger partial charge in [-0.05, 0) is 45.2 Å². The summed E-state index contributed by atoms with van der Waals surface area (Å²) >= 11 is 0. The molecule has 102 valence electrons. The topological polar surface area (TPSA) is 24.5 Å². The summed E-state index contributed by atoms with van der Waals surface area (Å²) in [5.41, 5.74) is 0.494. The normalized spacial score (nSPS) is 28.6. The summed E-state index contributed by atoms with van der Waals surface area (Å²) in [6, 6.07) is 1.32. The minimum Gasteiger partial charge on any atom is -0.385 e. The Morgan fingerprint density at radius 2 is 2.12 bits per heavy atom. The monoisotopic (exact) mass is 242 g/mol. The molecule has 1 aliphatic carbocycles. The zero-order valence-electron chi connectivity index (χ0n) is 12.3. The number of likely N-dealkylation sites (N-methyl/N-ethyl adjacent to an activating group) is 2. The second-order valence-corrected chi connectivity index (χ2v) is 6.20. The van der Waals surface area contributed by atoms with Gasteiger partial charge >= 0.3 is 0 Å². The number of hydrogen-bond acceptors (Lipinski definition) is 3. The second kappa shape index (κ2) is 6.72. The van der Waals surface area contributed by atoms with Gasteiger partial charge < -0.3 is 15.0 Å². The maximum atomic E-state index is 5.13. The van der Waals surface area contributed by atoms with E-state index in [9.17, 15) is 0 Å². The lowest BCUT2D eigenvalue weighted by Crippen LogP contribution is -2.53. The van der Waals surface area contributed by atoms with Crippen molar-refractivity contribution in [3.05, 3.63) is 0 Å². The van der Waals surface area contributed by atoms with Crippen LogP contribution in [0.2, 0.25) is 0 Å². The molecule has 0 aromatic rings. The predicted molar refractivity (Wildman–Crippen MR) is 73.4 cm³/mol. The van der Waals surface area contributed by atoms with Gasteiger partial charge in [-0.25, -0.2) is 0 Å². The highest BCUT2D eigenvalue weighted by Crippen LogP contribution is 2.37. The highest BCUT2D eigenvalue weighted by atomic mass is 16.5. The molecular weight excluding hydrogens is 212 g/mol. The first kappa shape index (κ1) is 14.9. The fraction of sp³-hybridized carbons (Fsp3) is 1.00. The molecule has 17 heavy (non-hydrogen) atoms. The molecule has 0 aliphatic heterocycles. The molecule has 3 nitrogen and oxygen atoms in total. The molecule has 0 amide bonds. The number of methoxy groups -OCH3 is 1. The average molecular weight is 242 g/mol. The third kappa shape index (κ3) is 4.57. The Balaban J connectivity index is 2.50. The third-order valence-corrected chi connectivity index (χ3v) is 4.15. The van der Waals surface area contributed by atoms with Gasteiger partial charge in [-0.15, -0.1) is 0 Å². The molecule has 0 aromatic carbocycles. The van der Waals surface area contributed by atoms with Crippen LogP contribution in [0.15, 0.2) is 0 Å². The lowest BCUT2D eigenvalue weighted by molar-refractivity contribution is 0.0775. The molecule has 0 spiro atoms. The molecule has 0 saturated heterocycles. The van der Waals surface area contributed by atoms with Gasteiger partial charge in [0.1, 0.15) is 0 Å². The predicted octanol–water partition coefficient (Wildman–Crippen LogP) is 2.12. The molecule has 1 rings (SSSR count). The summed E-state index contributed by atoms with van der Waals surface area (Å²) in [7, 11) is 6.13. The number of nitrogens with zero attached hydrogens (tertiary/aromatic N) is 1. The zero-order chi connectivity index (χ0) is 12.9. The van der Waals surface area contributed by atoms with Crippen molar-refractivity contribution >= 4 is 0 Å². The molecule has 1 aliphatic rings. The summed E-state index contributed by atoms with van der Waals surface area (Å²) < 4.78 is 5.13. The van der Waals surface area contributed by atoms with E-state index in [1.165, 1.54) is 19.3 Å². The molecular formula is C14H30N2O. The Morgan fingerprint density at radius 3 is 2.71 bits per heavy atom. The summed E-state index contributed by atoms with van der Waals surface area (Å²) in [4.78, 5) is 2.51. The first-order chi connectivity index (χ1) is 8.00. The van der Waals surface area contributed by atoms with E-state index in [0.717, 1.165) is 19.6 Å². The number of rotatable bonds is 6. The van der Waals surface area contributed by atoms with E-state index in [0.29, 0.717) is 17.5 Å². The van der Waals surface area contributed by atoms with Crippen LogP contribution in [-0.2, 0) is 4.74 Å². The highest BCUT2D eigenvalue weighted by molar-refractivity contribution is 4.93. The molecule has 3 heteroatoms. The second-order valence-electron chi connectivity index (χ2n) is 6.20. The van der Waals surface area contributed by atoms with Crippen LogP contribution in [0.25, 0.3) is 0 Å². The maximum Gasteiger partial charge on any atom is 0.0474 e. The van der Waals surface area contributed by atoms with Crippen LogP contribution < -0.4 is 5.32 Å². The lowest BCUT2D eigenvalue weighted by Gasteiger charge is -2.44. The van der Waals surface area contributed by atoms with Gasteiger partial charge in [-0.2, -0.15) is 0 Å². The van der Waals surface area contributed by atoms with Crippen LogP contribution in [0.3, 0.4) is 0 Å². The molecule has 2 unspecified atom stereocenters. The Hall–Kier alpha value is -0.120. The smallest absolute Gasteiger partial charge is 0.0474 e. The molecule has 1 fully saturated rings. The summed E-state index contributed by atoms with van der Waals surface area (Å²) in [5.74, 6) is 0. The highest BCUT2D eigenvalue weighted by Gasteiger charge is 2.35. The first-order valence-corrected chi connectivity index (χ1v) is 6.86. The van der Waals surface area contributed by atoms with Gasteiger partial charge in [-0.1, -0.05) is 13.8 Å². The fourth-order valence-electron chi connectivity index (χ4n) is 2.97. The molecule has 0 radical (unpaired) electrons. The summed E-state index contributed by atoms with van der Waals surface area (Å²) in [5, 5.41) is 3.49. The van der Waals surface area contributed by atoms with Crippen LogP contribution in [0.5, 0.6) is 0 Å². The maximum absolute atomic E-state index is 5.13. The van der Waals surface area contributed by atoms with Gasteiger partial charge in [0, 0.05) is 32.3 Å². The van der Waals surface area contributed by atoms with Gasteiger partial charge in [0.2, 0.25) is 0 Å². The van der Waals surface area contributed by atoms with Crippen molar-refractivity contribution < 1.29 is 4.74 Å². The number of hydrogen-bond donors (Lipinski definition) is 1. The lowest BCUT2D eigenvalue weighted by atomic mass is 9.72. The minimum absolute atomic E-state index is 0.494. The van der Waals surface area contributed by atoms with E-state index in [4.69, 9.17) is 4.74 Å². The summed E-state index contributed by atoms with van der Waals surface area (Å²) in [6.45, 7) is 6.79. The van der Waals surface area contributed by atoms with Crippen molar-refractivity contribution in [1.82, 2.24) is 10.2 Å².